The van der Waals surface area contributed by atoms with Crippen LogP contribution in [0.15, 0.2) is 30.3 Å². The second-order valence-electron chi connectivity index (χ2n) is 3.86. The maximum absolute atomic E-state index is 3.68. The SMILES string of the molecule is C[N+](C)(C)C(Br)c1ccccc1. The molecule has 1 aromatic rings. The Morgan fingerprint density at radius 2 is 1.58 bits per heavy atom. The van der Waals surface area contributed by atoms with Crippen molar-refractivity contribution in [3.8, 4) is 0 Å². The van der Waals surface area contributed by atoms with Crippen LogP contribution < -0.4 is 0 Å². The lowest BCUT2D eigenvalue weighted by Gasteiger charge is -2.30. The van der Waals surface area contributed by atoms with Crippen molar-refractivity contribution < 1.29 is 4.48 Å². The quantitative estimate of drug-likeness (QED) is 0.415. The van der Waals surface area contributed by atoms with Gasteiger partial charge in [-0.1, -0.05) is 30.3 Å². The van der Waals surface area contributed by atoms with Crippen LogP contribution in [-0.4, -0.2) is 25.6 Å². The van der Waals surface area contributed by atoms with Crippen molar-refractivity contribution in [2.24, 2.45) is 0 Å². The number of hydrogen-bond acceptors (Lipinski definition) is 0. The van der Waals surface area contributed by atoms with Crippen molar-refractivity contribution in [3.63, 3.8) is 0 Å². The molecule has 0 amide bonds. The first kappa shape index (κ1) is 9.75. The second kappa shape index (κ2) is 3.58. The molecule has 66 valence electrons. The van der Waals surface area contributed by atoms with E-state index < -0.39 is 0 Å². The van der Waals surface area contributed by atoms with E-state index in [9.17, 15) is 0 Å². The van der Waals surface area contributed by atoms with E-state index in [0.717, 1.165) is 4.48 Å². The zero-order valence-electron chi connectivity index (χ0n) is 7.79. The molecule has 0 aliphatic carbocycles. The fraction of sp³-hybridized carbons (Fsp3) is 0.400. The molecule has 0 radical (unpaired) electrons. The van der Waals surface area contributed by atoms with Crippen molar-refractivity contribution in [2.45, 2.75) is 4.95 Å². The second-order valence-corrected chi connectivity index (χ2v) is 4.73. The maximum Gasteiger partial charge on any atom is 0.169 e. The van der Waals surface area contributed by atoms with Gasteiger partial charge in [0.1, 0.15) is 0 Å². The van der Waals surface area contributed by atoms with E-state index in [1.54, 1.807) is 0 Å². The normalized spacial score (nSPS) is 14.3. The van der Waals surface area contributed by atoms with Crippen LogP contribution in [0.25, 0.3) is 0 Å². The number of benzene rings is 1. The highest BCUT2D eigenvalue weighted by molar-refractivity contribution is 9.09. The Bertz CT molecular complexity index is 238. The van der Waals surface area contributed by atoms with Crippen molar-refractivity contribution in [1.29, 1.82) is 0 Å². The topological polar surface area (TPSA) is 0 Å². The number of alkyl halides is 1. The molecule has 0 heterocycles. The molecule has 1 aromatic carbocycles. The van der Waals surface area contributed by atoms with Crippen LogP contribution in [0.2, 0.25) is 0 Å². The Hall–Kier alpha value is -0.340. The molecule has 1 atom stereocenters. The third-order valence-electron chi connectivity index (χ3n) is 1.75. The molecule has 0 spiro atoms. The fourth-order valence-corrected chi connectivity index (χ4v) is 1.36. The third-order valence-corrected chi connectivity index (χ3v) is 3.51. The van der Waals surface area contributed by atoms with E-state index in [0.29, 0.717) is 4.95 Å². The number of hydrogen-bond donors (Lipinski definition) is 0. The van der Waals surface area contributed by atoms with Gasteiger partial charge >= 0.3 is 0 Å². The molecule has 0 saturated heterocycles. The number of nitrogens with zero attached hydrogens (tertiary/aromatic N) is 1. The largest absolute Gasteiger partial charge is 0.316 e. The Morgan fingerprint density at radius 1 is 1.08 bits per heavy atom. The van der Waals surface area contributed by atoms with Gasteiger partial charge in [0.05, 0.1) is 21.1 Å². The number of rotatable bonds is 2. The molecule has 0 saturated carbocycles. The Balaban J connectivity index is 2.86. The zero-order chi connectivity index (χ0) is 9.19. The van der Waals surface area contributed by atoms with Crippen molar-refractivity contribution in [1.82, 2.24) is 0 Å². The predicted molar refractivity (Wildman–Crippen MR) is 56.1 cm³/mol. The van der Waals surface area contributed by atoms with Gasteiger partial charge in [0.25, 0.3) is 0 Å². The van der Waals surface area contributed by atoms with Gasteiger partial charge in [0, 0.05) is 5.56 Å². The van der Waals surface area contributed by atoms with Crippen LogP contribution in [0, 0.1) is 0 Å². The average molecular weight is 229 g/mol. The Morgan fingerprint density at radius 3 is 2.00 bits per heavy atom. The van der Waals surface area contributed by atoms with Crippen LogP contribution in [0.4, 0.5) is 0 Å². The molecular formula is C10H15BrN+. The van der Waals surface area contributed by atoms with E-state index in [-0.39, 0.29) is 0 Å². The zero-order valence-corrected chi connectivity index (χ0v) is 9.38. The van der Waals surface area contributed by atoms with Gasteiger partial charge in [-0.2, -0.15) is 0 Å². The van der Waals surface area contributed by atoms with E-state index in [4.69, 9.17) is 0 Å². The highest BCUT2D eigenvalue weighted by Gasteiger charge is 2.21. The molecule has 12 heavy (non-hydrogen) atoms. The third kappa shape index (κ3) is 2.32. The van der Waals surface area contributed by atoms with Crippen LogP contribution in [0.5, 0.6) is 0 Å². The monoisotopic (exact) mass is 228 g/mol. The van der Waals surface area contributed by atoms with Gasteiger partial charge in [0.15, 0.2) is 4.95 Å². The van der Waals surface area contributed by atoms with Crippen molar-refractivity contribution in [2.75, 3.05) is 21.1 Å². The smallest absolute Gasteiger partial charge is 0.169 e. The molecule has 2 heteroatoms. The highest BCUT2D eigenvalue weighted by Crippen LogP contribution is 2.28. The summed E-state index contributed by atoms with van der Waals surface area (Å²) in [6.45, 7) is 0. The summed E-state index contributed by atoms with van der Waals surface area (Å²) in [5.41, 5.74) is 1.32. The minimum Gasteiger partial charge on any atom is -0.316 e. The minimum absolute atomic E-state index is 0.374. The lowest BCUT2D eigenvalue weighted by molar-refractivity contribution is -0.884. The Kier molecular flexibility index (Phi) is 2.91. The van der Waals surface area contributed by atoms with E-state index in [1.165, 1.54) is 5.56 Å². The predicted octanol–water partition coefficient (Wildman–Crippen LogP) is 2.79. The van der Waals surface area contributed by atoms with Gasteiger partial charge < -0.3 is 4.48 Å². The van der Waals surface area contributed by atoms with Crippen LogP contribution in [-0.2, 0) is 0 Å². The summed E-state index contributed by atoms with van der Waals surface area (Å²) < 4.78 is 0.893. The summed E-state index contributed by atoms with van der Waals surface area (Å²) in [6, 6.07) is 10.5. The molecule has 0 bridgehead atoms. The first-order chi connectivity index (χ1) is 5.52. The molecule has 0 N–H and O–H groups in total. The van der Waals surface area contributed by atoms with Crippen LogP contribution in [0.3, 0.4) is 0 Å². The number of halogens is 1. The fourth-order valence-electron chi connectivity index (χ4n) is 1.06. The Labute approximate surface area is 82.7 Å². The van der Waals surface area contributed by atoms with Crippen LogP contribution >= 0.6 is 15.9 Å². The van der Waals surface area contributed by atoms with Crippen molar-refractivity contribution >= 4 is 15.9 Å². The standard InChI is InChI=1S/C10H15BrN/c1-12(2,3)10(11)9-7-5-4-6-8-9/h4-8,10H,1-3H3/q+1. The maximum atomic E-state index is 3.68. The molecule has 1 unspecified atom stereocenters. The first-order valence-electron chi connectivity index (χ1n) is 4.02. The number of quaternary nitrogens is 1. The summed E-state index contributed by atoms with van der Waals surface area (Å²) in [5, 5.41) is 0. The molecule has 1 nitrogen and oxygen atoms in total. The van der Waals surface area contributed by atoms with Gasteiger partial charge in [-0.15, -0.1) is 0 Å². The van der Waals surface area contributed by atoms with Crippen LogP contribution in [0.1, 0.15) is 10.5 Å². The lowest BCUT2D eigenvalue weighted by Crippen LogP contribution is -2.35. The van der Waals surface area contributed by atoms with Gasteiger partial charge in [-0.05, 0) is 15.9 Å². The first-order valence-corrected chi connectivity index (χ1v) is 4.93. The molecule has 0 aromatic heterocycles. The van der Waals surface area contributed by atoms with Gasteiger partial charge in [0.2, 0.25) is 0 Å². The van der Waals surface area contributed by atoms with Gasteiger partial charge in [-0.3, -0.25) is 0 Å². The average Bonchev–Trinajstić information content (AvgIpc) is 2.03. The summed E-state index contributed by atoms with van der Waals surface area (Å²) in [4.78, 5) is 0.374. The molecule has 1 rings (SSSR count). The van der Waals surface area contributed by atoms with Gasteiger partial charge in [-0.25, -0.2) is 0 Å². The molecule has 0 aliphatic rings. The summed E-state index contributed by atoms with van der Waals surface area (Å²) in [7, 11) is 6.52. The minimum atomic E-state index is 0.374. The molecule has 0 aliphatic heterocycles. The van der Waals surface area contributed by atoms with E-state index in [2.05, 4.69) is 61.3 Å². The summed E-state index contributed by atoms with van der Waals surface area (Å²) in [6.07, 6.45) is 0. The lowest BCUT2D eigenvalue weighted by atomic mass is 10.2. The van der Waals surface area contributed by atoms with Crippen molar-refractivity contribution in [3.05, 3.63) is 35.9 Å². The summed E-state index contributed by atoms with van der Waals surface area (Å²) >= 11 is 3.68. The highest BCUT2D eigenvalue weighted by atomic mass is 79.9. The molecule has 0 fully saturated rings. The molecular weight excluding hydrogens is 214 g/mol. The van der Waals surface area contributed by atoms with E-state index in [1.807, 2.05) is 6.07 Å². The summed E-state index contributed by atoms with van der Waals surface area (Å²) in [5.74, 6) is 0. The van der Waals surface area contributed by atoms with E-state index >= 15 is 0 Å².